The lowest BCUT2D eigenvalue weighted by Crippen LogP contribution is -2.50. The highest BCUT2D eigenvalue weighted by Crippen LogP contribution is 2.29. The Morgan fingerprint density at radius 3 is 2.33 bits per heavy atom. The first-order chi connectivity index (χ1) is 12.8. The number of aliphatic hydroxyl groups is 1. The van der Waals surface area contributed by atoms with Crippen LogP contribution in [0.1, 0.15) is 45.3 Å². The van der Waals surface area contributed by atoms with Crippen LogP contribution in [0.2, 0.25) is 0 Å². The summed E-state index contributed by atoms with van der Waals surface area (Å²) in [6.45, 7) is 9.45. The number of amides is 1. The third kappa shape index (κ3) is 5.29. The lowest BCUT2D eigenvalue weighted by atomic mass is 9.91. The fourth-order valence-corrected chi connectivity index (χ4v) is 3.37. The Balaban J connectivity index is 1.53. The van der Waals surface area contributed by atoms with E-state index in [0.29, 0.717) is 45.3 Å². The maximum atomic E-state index is 12.1. The molecular weight excluding hydrogens is 348 g/mol. The van der Waals surface area contributed by atoms with Gasteiger partial charge in [0.2, 0.25) is 5.95 Å². The van der Waals surface area contributed by atoms with Crippen molar-refractivity contribution in [3.05, 3.63) is 18.0 Å². The molecule has 1 atom stereocenters. The van der Waals surface area contributed by atoms with Crippen molar-refractivity contribution >= 4 is 12.0 Å². The summed E-state index contributed by atoms with van der Waals surface area (Å²) in [6, 6.07) is 0. The van der Waals surface area contributed by atoms with Crippen molar-refractivity contribution in [1.29, 1.82) is 0 Å². The lowest BCUT2D eigenvalue weighted by molar-refractivity contribution is 0.00693. The number of piperazine rings is 1. The summed E-state index contributed by atoms with van der Waals surface area (Å²) in [5, 5.41) is 10.5. The molecule has 0 aliphatic carbocycles. The molecule has 2 fully saturated rings. The van der Waals surface area contributed by atoms with Gasteiger partial charge in [0.1, 0.15) is 5.60 Å². The molecule has 8 nitrogen and oxygen atoms in total. The summed E-state index contributed by atoms with van der Waals surface area (Å²) < 4.78 is 10.8. The van der Waals surface area contributed by atoms with Gasteiger partial charge in [-0.2, -0.15) is 0 Å². The second-order valence-corrected chi connectivity index (χ2v) is 8.17. The third-order valence-electron chi connectivity index (χ3n) is 4.93. The summed E-state index contributed by atoms with van der Waals surface area (Å²) in [7, 11) is 0. The van der Waals surface area contributed by atoms with Gasteiger partial charge in [0.25, 0.3) is 0 Å². The zero-order valence-electron chi connectivity index (χ0n) is 16.4. The topological polar surface area (TPSA) is 88.0 Å². The SMILES string of the molecule is CC(C)(C)OC(=O)N1CCN(c2ncc(C(O)C3CCOCC3)cn2)CC1. The molecule has 1 unspecified atom stereocenters. The average molecular weight is 378 g/mol. The first-order valence-electron chi connectivity index (χ1n) is 9.64. The van der Waals surface area contributed by atoms with Crippen LogP contribution in [0, 0.1) is 5.92 Å². The minimum atomic E-state index is -0.549. The highest BCUT2D eigenvalue weighted by atomic mass is 16.6. The van der Waals surface area contributed by atoms with E-state index >= 15 is 0 Å². The van der Waals surface area contributed by atoms with Gasteiger partial charge >= 0.3 is 6.09 Å². The van der Waals surface area contributed by atoms with Gasteiger partial charge in [-0.1, -0.05) is 0 Å². The van der Waals surface area contributed by atoms with Crippen molar-refractivity contribution in [2.24, 2.45) is 5.92 Å². The standard InChI is InChI=1S/C19H30N4O4/c1-19(2,3)27-18(25)23-8-6-22(7-9-23)17-20-12-15(13-21-17)16(24)14-4-10-26-11-5-14/h12-14,16,24H,4-11H2,1-3H3. The van der Waals surface area contributed by atoms with Crippen LogP contribution in [0.25, 0.3) is 0 Å². The second-order valence-electron chi connectivity index (χ2n) is 8.17. The zero-order valence-corrected chi connectivity index (χ0v) is 16.4. The molecule has 8 heteroatoms. The highest BCUT2D eigenvalue weighted by Gasteiger charge is 2.27. The quantitative estimate of drug-likeness (QED) is 0.860. The van der Waals surface area contributed by atoms with Crippen LogP contribution >= 0.6 is 0 Å². The van der Waals surface area contributed by atoms with Gasteiger partial charge in [0.15, 0.2) is 0 Å². The molecule has 0 spiro atoms. The van der Waals surface area contributed by atoms with E-state index < -0.39 is 11.7 Å². The molecule has 1 N–H and O–H groups in total. The van der Waals surface area contributed by atoms with Gasteiger partial charge in [0.05, 0.1) is 6.10 Å². The predicted octanol–water partition coefficient (Wildman–Crippen LogP) is 1.99. The van der Waals surface area contributed by atoms with Crippen molar-refractivity contribution in [2.45, 2.75) is 45.3 Å². The molecule has 3 rings (SSSR count). The van der Waals surface area contributed by atoms with Crippen molar-refractivity contribution < 1.29 is 19.4 Å². The molecule has 2 aliphatic heterocycles. The van der Waals surface area contributed by atoms with Gasteiger partial charge in [-0.05, 0) is 39.5 Å². The summed E-state index contributed by atoms with van der Waals surface area (Å²) in [4.78, 5) is 24.8. The van der Waals surface area contributed by atoms with Gasteiger partial charge < -0.3 is 24.4 Å². The Kier molecular flexibility index (Phi) is 6.16. The van der Waals surface area contributed by atoms with E-state index in [2.05, 4.69) is 9.97 Å². The molecule has 1 aromatic heterocycles. The average Bonchev–Trinajstić information content (AvgIpc) is 2.67. The number of aliphatic hydroxyl groups excluding tert-OH is 1. The smallest absolute Gasteiger partial charge is 0.410 e. The Morgan fingerprint density at radius 2 is 1.78 bits per heavy atom. The number of rotatable bonds is 3. The molecule has 1 amide bonds. The van der Waals surface area contributed by atoms with E-state index in [0.717, 1.165) is 18.4 Å². The number of hydrogen-bond acceptors (Lipinski definition) is 7. The maximum absolute atomic E-state index is 12.1. The van der Waals surface area contributed by atoms with Crippen LogP contribution in [-0.2, 0) is 9.47 Å². The van der Waals surface area contributed by atoms with Crippen molar-refractivity contribution in [3.8, 4) is 0 Å². The summed E-state index contributed by atoms with van der Waals surface area (Å²) in [6.07, 6.45) is 4.31. The van der Waals surface area contributed by atoms with Crippen molar-refractivity contribution in [3.63, 3.8) is 0 Å². The Labute approximate surface area is 160 Å². The summed E-state index contributed by atoms with van der Waals surface area (Å²) >= 11 is 0. The first kappa shape index (κ1) is 19.8. The molecule has 0 aromatic carbocycles. The molecule has 0 radical (unpaired) electrons. The number of aromatic nitrogens is 2. The molecule has 27 heavy (non-hydrogen) atoms. The van der Waals surface area contributed by atoms with E-state index in [1.807, 2.05) is 25.7 Å². The van der Waals surface area contributed by atoms with Crippen LogP contribution in [0.4, 0.5) is 10.7 Å². The molecule has 0 bridgehead atoms. The monoisotopic (exact) mass is 378 g/mol. The minimum Gasteiger partial charge on any atom is -0.444 e. The van der Waals surface area contributed by atoms with E-state index in [-0.39, 0.29) is 12.0 Å². The lowest BCUT2D eigenvalue weighted by Gasteiger charge is -2.35. The van der Waals surface area contributed by atoms with Gasteiger partial charge in [-0.15, -0.1) is 0 Å². The first-order valence-corrected chi connectivity index (χ1v) is 9.64. The third-order valence-corrected chi connectivity index (χ3v) is 4.93. The van der Waals surface area contributed by atoms with Crippen molar-refractivity contribution in [2.75, 3.05) is 44.3 Å². The Bertz CT molecular complexity index is 618. The fourth-order valence-electron chi connectivity index (χ4n) is 3.37. The van der Waals surface area contributed by atoms with Crippen LogP contribution in [-0.4, -0.2) is 71.1 Å². The van der Waals surface area contributed by atoms with E-state index in [1.165, 1.54) is 0 Å². The van der Waals surface area contributed by atoms with Crippen LogP contribution in [0.5, 0.6) is 0 Å². The summed E-state index contributed by atoms with van der Waals surface area (Å²) in [5.41, 5.74) is 0.261. The predicted molar refractivity (Wildman–Crippen MR) is 101 cm³/mol. The second kappa shape index (κ2) is 8.39. The number of ether oxygens (including phenoxy) is 2. The van der Waals surface area contributed by atoms with E-state index in [4.69, 9.17) is 9.47 Å². The van der Waals surface area contributed by atoms with Crippen LogP contribution in [0.3, 0.4) is 0 Å². The van der Waals surface area contributed by atoms with Gasteiger partial charge in [0, 0.05) is 57.3 Å². The van der Waals surface area contributed by atoms with E-state index in [1.54, 1.807) is 17.3 Å². The molecule has 0 saturated carbocycles. The van der Waals surface area contributed by atoms with Crippen LogP contribution in [0.15, 0.2) is 12.4 Å². The number of hydrogen-bond donors (Lipinski definition) is 1. The Hall–Kier alpha value is -1.93. The maximum Gasteiger partial charge on any atom is 0.410 e. The Morgan fingerprint density at radius 1 is 1.19 bits per heavy atom. The zero-order chi connectivity index (χ0) is 19.4. The number of carbonyl (C=O) groups excluding carboxylic acids is 1. The van der Waals surface area contributed by atoms with Crippen molar-refractivity contribution in [1.82, 2.24) is 14.9 Å². The molecular formula is C19H30N4O4. The molecule has 3 heterocycles. The normalized spacial score (nSPS) is 20.4. The molecule has 150 valence electrons. The fraction of sp³-hybridized carbons (Fsp3) is 0.737. The molecule has 2 aliphatic rings. The van der Waals surface area contributed by atoms with Gasteiger partial charge in [-0.25, -0.2) is 14.8 Å². The molecule has 2 saturated heterocycles. The highest BCUT2D eigenvalue weighted by molar-refractivity contribution is 5.68. The number of carbonyl (C=O) groups is 1. The summed E-state index contributed by atoms with van der Waals surface area (Å²) in [5.74, 6) is 0.826. The minimum absolute atomic E-state index is 0.200. The number of nitrogens with zero attached hydrogens (tertiary/aromatic N) is 4. The van der Waals surface area contributed by atoms with Gasteiger partial charge in [-0.3, -0.25) is 0 Å². The number of anilines is 1. The van der Waals surface area contributed by atoms with E-state index in [9.17, 15) is 9.90 Å². The van der Waals surface area contributed by atoms with Crippen LogP contribution < -0.4 is 4.90 Å². The molecule has 1 aromatic rings. The largest absolute Gasteiger partial charge is 0.444 e.